The van der Waals surface area contributed by atoms with Crippen LogP contribution in [0.3, 0.4) is 0 Å². The Hall–Kier alpha value is -1.94. The molecule has 0 fully saturated rings. The first-order chi connectivity index (χ1) is 9.69. The van der Waals surface area contributed by atoms with Crippen LogP contribution in [0.1, 0.15) is 25.3 Å². The summed E-state index contributed by atoms with van der Waals surface area (Å²) in [6.45, 7) is 2.17. The van der Waals surface area contributed by atoms with Crippen LogP contribution in [-0.2, 0) is 6.42 Å². The fourth-order valence-corrected chi connectivity index (χ4v) is 3.55. The van der Waals surface area contributed by atoms with Gasteiger partial charge in [-0.3, -0.25) is 0 Å². The molecule has 0 atom stereocenters. The zero-order valence-corrected chi connectivity index (χ0v) is 12.3. The van der Waals surface area contributed by atoms with E-state index < -0.39 is 0 Å². The molecule has 0 radical (unpaired) electrons. The van der Waals surface area contributed by atoms with E-state index in [-0.39, 0.29) is 0 Å². The molecular formula is C16H17N3S. The summed E-state index contributed by atoms with van der Waals surface area (Å²) in [7, 11) is 0. The molecule has 1 aromatic carbocycles. The molecule has 102 valence electrons. The highest BCUT2D eigenvalue weighted by Gasteiger charge is 2.13. The maximum absolute atomic E-state index is 8.14. The van der Waals surface area contributed by atoms with Gasteiger partial charge in [0, 0.05) is 5.69 Å². The monoisotopic (exact) mass is 283 g/mol. The summed E-state index contributed by atoms with van der Waals surface area (Å²) in [4.78, 5) is 5.83. The molecular weight excluding hydrogens is 266 g/mol. The van der Waals surface area contributed by atoms with Gasteiger partial charge in [0.1, 0.15) is 0 Å². The topological polar surface area (TPSA) is 62.8 Å². The van der Waals surface area contributed by atoms with E-state index in [0.29, 0.717) is 5.36 Å². The molecule has 1 heterocycles. The van der Waals surface area contributed by atoms with E-state index >= 15 is 0 Å². The molecule has 0 spiro atoms. The third kappa shape index (κ3) is 2.27. The van der Waals surface area contributed by atoms with Gasteiger partial charge in [0.15, 0.2) is 0 Å². The standard InChI is InChI=1S/C16H17N3S/c1-2-3-4-11-12(18)6-8-14-16(11)20-15-9-10(17)5-7-13(15)19-14/h5-9,18H,2-4,17H2,1H3. The maximum Gasteiger partial charge on any atom is 0.0814 e. The number of nitrogens with one attached hydrogen (secondary N) is 1. The first-order valence-corrected chi connectivity index (χ1v) is 7.67. The van der Waals surface area contributed by atoms with E-state index in [4.69, 9.17) is 16.1 Å². The van der Waals surface area contributed by atoms with E-state index in [1.165, 1.54) is 0 Å². The summed E-state index contributed by atoms with van der Waals surface area (Å²) < 4.78 is 1.08. The second-order valence-electron chi connectivity index (χ2n) is 4.98. The van der Waals surface area contributed by atoms with E-state index in [1.807, 2.05) is 30.3 Å². The quantitative estimate of drug-likeness (QED) is 0.567. The molecule has 1 aromatic rings. The molecule has 2 aliphatic rings. The minimum Gasteiger partial charge on any atom is -0.399 e. The average molecular weight is 283 g/mol. The minimum absolute atomic E-state index is 0.618. The summed E-state index contributed by atoms with van der Waals surface area (Å²) in [5.41, 5.74) is 9.68. The van der Waals surface area contributed by atoms with Gasteiger partial charge in [-0.05, 0) is 48.7 Å². The van der Waals surface area contributed by atoms with Crippen molar-refractivity contribution < 1.29 is 0 Å². The van der Waals surface area contributed by atoms with Crippen molar-refractivity contribution in [2.24, 2.45) is 0 Å². The lowest BCUT2D eigenvalue weighted by Crippen LogP contribution is -2.10. The molecule has 3 nitrogen and oxygen atoms in total. The Balaban J connectivity index is 2.28. The van der Waals surface area contributed by atoms with Gasteiger partial charge in [-0.1, -0.05) is 13.3 Å². The predicted molar refractivity (Wildman–Crippen MR) is 85.1 cm³/mol. The molecule has 1 aliphatic carbocycles. The Morgan fingerprint density at radius 2 is 2.10 bits per heavy atom. The van der Waals surface area contributed by atoms with Crippen LogP contribution in [0.4, 0.5) is 5.69 Å². The highest BCUT2D eigenvalue weighted by Crippen LogP contribution is 2.33. The van der Waals surface area contributed by atoms with Gasteiger partial charge in [0.05, 0.1) is 26.1 Å². The van der Waals surface area contributed by atoms with Crippen molar-refractivity contribution in [1.82, 2.24) is 4.98 Å². The Kier molecular flexibility index (Phi) is 3.40. The summed E-state index contributed by atoms with van der Waals surface area (Å²) in [5, 5.41) is 8.75. The number of fused-ring (bicyclic) bond motifs is 2. The second kappa shape index (κ2) is 5.21. The molecule has 20 heavy (non-hydrogen) atoms. The summed E-state index contributed by atoms with van der Waals surface area (Å²) in [6, 6.07) is 9.61. The number of nitrogens with two attached hydrogens (primary N) is 1. The van der Waals surface area contributed by atoms with E-state index in [2.05, 4.69) is 6.92 Å². The first kappa shape index (κ1) is 13.1. The van der Waals surface area contributed by atoms with Crippen LogP contribution in [0.5, 0.6) is 0 Å². The van der Waals surface area contributed by atoms with Gasteiger partial charge in [0.2, 0.25) is 0 Å². The van der Waals surface area contributed by atoms with E-state index in [9.17, 15) is 0 Å². The summed E-state index contributed by atoms with van der Waals surface area (Å²) >= 11 is 1.69. The number of nitrogens with zero attached hydrogens (tertiary/aromatic N) is 1. The number of benzene rings is 2. The molecule has 4 heteroatoms. The molecule has 0 bridgehead atoms. The van der Waals surface area contributed by atoms with E-state index in [0.717, 1.165) is 51.3 Å². The average Bonchev–Trinajstić information content (AvgIpc) is 2.44. The number of hydrogen-bond acceptors (Lipinski definition) is 4. The normalized spacial score (nSPS) is 11.2. The van der Waals surface area contributed by atoms with Gasteiger partial charge < -0.3 is 11.1 Å². The van der Waals surface area contributed by atoms with Crippen molar-refractivity contribution >= 4 is 27.2 Å². The Labute approximate surface area is 122 Å². The molecule has 3 N–H and O–H groups in total. The van der Waals surface area contributed by atoms with Gasteiger partial charge in [-0.25, -0.2) is 4.98 Å². The van der Waals surface area contributed by atoms with Crippen molar-refractivity contribution in [3.8, 4) is 10.6 Å². The molecule has 3 rings (SSSR count). The Morgan fingerprint density at radius 3 is 2.90 bits per heavy atom. The number of hydrogen-bond donors (Lipinski definition) is 2. The molecule has 0 saturated heterocycles. The smallest absolute Gasteiger partial charge is 0.0814 e. The number of rotatable bonds is 3. The van der Waals surface area contributed by atoms with Gasteiger partial charge >= 0.3 is 0 Å². The molecule has 0 unspecified atom stereocenters. The van der Waals surface area contributed by atoms with Crippen molar-refractivity contribution in [1.29, 1.82) is 5.41 Å². The molecule has 0 aromatic heterocycles. The van der Waals surface area contributed by atoms with Crippen LogP contribution in [0, 0.1) is 5.41 Å². The largest absolute Gasteiger partial charge is 0.399 e. The van der Waals surface area contributed by atoms with Gasteiger partial charge in [-0.2, -0.15) is 0 Å². The third-order valence-corrected chi connectivity index (χ3v) is 4.66. The third-order valence-electron chi connectivity index (χ3n) is 3.46. The maximum atomic E-state index is 8.14. The van der Waals surface area contributed by atoms with Crippen molar-refractivity contribution in [3.63, 3.8) is 0 Å². The zero-order chi connectivity index (χ0) is 14.1. The SMILES string of the molecule is CCCCc1c2sc3cc(N)ccc3nc-2ccc1=N. The highest BCUT2D eigenvalue weighted by molar-refractivity contribution is 7.21. The van der Waals surface area contributed by atoms with Crippen LogP contribution in [0.15, 0.2) is 30.3 Å². The summed E-state index contributed by atoms with van der Waals surface area (Å²) in [5.74, 6) is 0. The lowest BCUT2D eigenvalue weighted by Gasteiger charge is -2.12. The van der Waals surface area contributed by atoms with Crippen molar-refractivity contribution in [2.45, 2.75) is 26.2 Å². The van der Waals surface area contributed by atoms with Crippen molar-refractivity contribution in [3.05, 3.63) is 41.3 Å². The lowest BCUT2D eigenvalue weighted by atomic mass is 10.0. The number of anilines is 1. The number of unbranched alkanes of at least 4 members (excludes halogenated alkanes) is 1. The van der Waals surface area contributed by atoms with E-state index in [1.54, 1.807) is 11.3 Å². The zero-order valence-electron chi connectivity index (χ0n) is 11.4. The van der Waals surface area contributed by atoms with Gasteiger partial charge in [0.25, 0.3) is 0 Å². The minimum atomic E-state index is 0.618. The van der Waals surface area contributed by atoms with Crippen molar-refractivity contribution in [2.75, 3.05) is 5.73 Å². The highest BCUT2D eigenvalue weighted by atomic mass is 32.1. The first-order valence-electron chi connectivity index (χ1n) is 6.85. The van der Waals surface area contributed by atoms with Crippen LogP contribution in [0.2, 0.25) is 0 Å². The number of nitrogen functional groups attached to an aromatic ring is 1. The fraction of sp³-hybridized carbons (Fsp3) is 0.250. The van der Waals surface area contributed by atoms with Crippen LogP contribution >= 0.6 is 11.3 Å². The summed E-state index contributed by atoms with van der Waals surface area (Å²) in [6.07, 6.45) is 3.18. The number of aromatic nitrogens is 1. The molecule has 1 aliphatic heterocycles. The fourth-order valence-electron chi connectivity index (χ4n) is 2.36. The van der Waals surface area contributed by atoms with Crippen LogP contribution in [0.25, 0.3) is 20.8 Å². The Bertz CT molecular complexity index is 792. The second-order valence-corrected chi connectivity index (χ2v) is 6.04. The lowest BCUT2D eigenvalue weighted by molar-refractivity contribution is 0.789. The molecule has 0 amide bonds. The van der Waals surface area contributed by atoms with Gasteiger partial charge in [-0.15, -0.1) is 11.3 Å². The van der Waals surface area contributed by atoms with Crippen LogP contribution < -0.4 is 11.1 Å². The molecule has 0 saturated carbocycles. The predicted octanol–water partition coefficient (Wildman–Crippen LogP) is 3.81. The Morgan fingerprint density at radius 1 is 1.25 bits per heavy atom. The van der Waals surface area contributed by atoms with Crippen LogP contribution in [-0.4, -0.2) is 4.98 Å².